The number of halogens is 2. The number of nitrogens with one attached hydrogen (secondary N) is 1. The summed E-state index contributed by atoms with van der Waals surface area (Å²) in [4.78, 5) is 0. The average molecular weight is 416 g/mol. The van der Waals surface area contributed by atoms with Crippen LogP contribution in [0, 0.1) is 10.5 Å². The van der Waals surface area contributed by atoms with Crippen molar-refractivity contribution < 1.29 is 4.74 Å². The Bertz CT molecular complexity index is 630. The first-order valence-electron chi connectivity index (χ1n) is 6.90. The molecule has 0 aromatic heterocycles. The summed E-state index contributed by atoms with van der Waals surface area (Å²) < 4.78 is 6.50. The van der Waals surface area contributed by atoms with Crippen molar-refractivity contribution in [1.29, 1.82) is 0 Å². The summed E-state index contributed by atoms with van der Waals surface area (Å²) in [5.41, 5.74) is 3.60. The van der Waals surface area contributed by atoms with Crippen LogP contribution in [0.25, 0.3) is 0 Å². The fraction of sp³-hybridized carbons (Fsp3) is 0.294. The van der Waals surface area contributed by atoms with Crippen molar-refractivity contribution in [2.75, 3.05) is 13.7 Å². The van der Waals surface area contributed by atoms with Crippen LogP contribution in [-0.2, 0) is 0 Å². The van der Waals surface area contributed by atoms with Gasteiger partial charge in [-0.2, -0.15) is 0 Å². The smallest absolute Gasteiger partial charge is 0.120 e. The van der Waals surface area contributed by atoms with Gasteiger partial charge in [0.1, 0.15) is 5.75 Å². The highest BCUT2D eigenvalue weighted by atomic mass is 127. The van der Waals surface area contributed by atoms with Gasteiger partial charge in [-0.1, -0.05) is 42.8 Å². The van der Waals surface area contributed by atoms with Crippen molar-refractivity contribution in [3.05, 3.63) is 61.7 Å². The molecule has 21 heavy (non-hydrogen) atoms. The third-order valence-electron chi connectivity index (χ3n) is 3.46. The number of hydrogen-bond donors (Lipinski definition) is 1. The van der Waals surface area contributed by atoms with Gasteiger partial charge in [0, 0.05) is 8.59 Å². The Balaban J connectivity index is 2.51. The van der Waals surface area contributed by atoms with Crippen LogP contribution in [0.4, 0.5) is 0 Å². The van der Waals surface area contributed by atoms with Crippen molar-refractivity contribution in [2.45, 2.75) is 19.9 Å². The molecule has 0 saturated carbocycles. The molecule has 4 heteroatoms. The van der Waals surface area contributed by atoms with Crippen molar-refractivity contribution in [3.8, 4) is 5.75 Å². The monoisotopic (exact) mass is 415 g/mol. The van der Waals surface area contributed by atoms with Crippen LogP contribution >= 0.6 is 34.2 Å². The van der Waals surface area contributed by atoms with Crippen molar-refractivity contribution in [1.82, 2.24) is 5.32 Å². The summed E-state index contributed by atoms with van der Waals surface area (Å²) in [6, 6.07) is 12.3. The summed E-state index contributed by atoms with van der Waals surface area (Å²) in [7, 11) is 1.65. The van der Waals surface area contributed by atoms with Gasteiger partial charge in [0.2, 0.25) is 0 Å². The van der Waals surface area contributed by atoms with Gasteiger partial charge < -0.3 is 10.1 Å². The zero-order valence-corrected chi connectivity index (χ0v) is 15.3. The van der Waals surface area contributed by atoms with Crippen LogP contribution in [0.5, 0.6) is 5.75 Å². The normalized spacial score (nSPS) is 12.2. The van der Waals surface area contributed by atoms with E-state index in [4.69, 9.17) is 16.3 Å². The Labute approximate surface area is 145 Å². The fourth-order valence-corrected chi connectivity index (χ4v) is 3.30. The molecule has 2 nitrogen and oxygen atoms in total. The molecule has 0 heterocycles. The summed E-state index contributed by atoms with van der Waals surface area (Å²) in [6.07, 6.45) is 0. The Hall–Kier alpha value is -0.780. The van der Waals surface area contributed by atoms with E-state index in [-0.39, 0.29) is 6.04 Å². The van der Waals surface area contributed by atoms with E-state index in [1.165, 1.54) is 14.7 Å². The predicted molar refractivity (Wildman–Crippen MR) is 97.4 cm³/mol. The maximum Gasteiger partial charge on any atom is 0.120 e. The average Bonchev–Trinajstić information content (AvgIpc) is 2.48. The van der Waals surface area contributed by atoms with Gasteiger partial charge in [-0.05, 0) is 64.9 Å². The lowest BCUT2D eigenvalue weighted by Crippen LogP contribution is -2.23. The Morgan fingerprint density at radius 1 is 1.24 bits per heavy atom. The molecule has 0 bridgehead atoms. The van der Waals surface area contributed by atoms with Gasteiger partial charge >= 0.3 is 0 Å². The zero-order chi connectivity index (χ0) is 15.4. The van der Waals surface area contributed by atoms with E-state index in [2.05, 4.69) is 60.0 Å². The number of rotatable bonds is 5. The van der Waals surface area contributed by atoms with Gasteiger partial charge in [0.15, 0.2) is 0 Å². The molecule has 0 spiro atoms. The molecule has 0 radical (unpaired) electrons. The molecule has 0 aliphatic rings. The fourth-order valence-electron chi connectivity index (χ4n) is 2.35. The van der Waals surface area contributed by atoms with E-state index in [0.29, 0.717) is 0 Å². The maximum absolute atomic E-state index is 6.46. The first kappa shape index (κ1) is 16.6. The lowest BCUT2D eigenvalue weighted by molar-refractivity contribution is 0.414. The minimum atomic E-state index is 0.0835. The van der Waals surface area contributed by atoms with Crippen LogP contribution in [0.2, 0.25) is 5.02 Å². The Kier molecular flexibility index (Phi) is 5.90. The number of hydrogen-bond acceptors (Lipinski definition) is 2. The molecule has 1 unspecified atom stereocenters. The minimum Gasteiger partial charge on any atom is -0.497 e. The molecule has 2 aromatic carbocycles. The second-order valence-corrected chi connectivity index (χ2v) is 6.34. The molecule has 2 aromatic rings. The van der Waals surface area contributed by atoms with E-state index in [9.17, 15) is 0 Å². The van der Waals surface area contributed by atoms with Gasteiger partial charge in [0.05, 0.1) is 13.2 Å². The number of ether oxygens (including phenoxy) is 1. The molecular weight excluding hydrogens is 397 g/mol. The van der Waals surface area contributed by atoms with E-state index in [1.807, 2.05) is 18.2 Å². The summed E-state index contributed by atoms with van der Waals surface area (Å²) in [5.74, 6) is 0.776. The first-order chi connectivity index (χ1) is 10.1. The van der Waals surface area contributed by atoms with Gasteiger partial charge in [-0.15, -0.1) is 0 Å². The largest absolute Gasteiger partial charge is 0.497 e. The van der Waals surface area contributed by atoms with Crippen molar-refractivity contribution >= 4 is 34.2 Å². The molecular formula is C17H19ClINO. The quantitative estimate of drug-likeness (QED) is 0.697. The lowest BCUT2D eigenvalue weighted by Gasteiger charge is -2.22. The summed E-state index contributed by atoms with van der Waals surface area (Å²) >= 11 is 8.86. The van der Waals surface area contributed by atoms with Crippen LogP contribution in [0.1, 0.15) is 29.7 Å². The predicted octanol–water partition coefficient (Wildman–Crippen LogP) is 4.96. The molecule has 0 amide bonds. The molecule has 0 aliphatic carbocycles. The number of aryl methyl sites for hydroxylation is 1. The van der Waals surface area contributed by atoms with E-state index >= 15 is 0 Å². The molecule has 0 aliphatic heterocycles. The highest BCUT2D eigenvalue weighted by Gasteiger charge is 2.19. The zero-order valence-electron chi connectivity index (χ0n) is 12.4. The second-order valence-electron chi connectivity index (χ2n) is 4.86. The Morgan fingerprint density at radius 2 is 2.00 bits per heavy atom. The topological polar surface area (TPSA) is 21.3 Å². The molecule has 0 fully saturated rings. The first-order valence-corrected chi connectivity index (χ1v) is 8.36. The van der Waals surface area contributed by atoms with Crippen LogP contribution in [0.3, 0.4) is 0 Å². The third kappa shape index (κ3) is 3.71. The highest BCUT2D eigenvalue weighted by Crippen LogP contribution is 2.33. The summed E-state index contributed by atoms with van der Waals surface area (Å²) in [6.45, 7) is 5.11. The van der Waals surface area contributed by atoms with Crippen LogP contribution < -0.4 is 10.1 Å². The number of methoxy groups -OCH3 is 1. The second kappa shape index (κ2) is 7.47. The SMILES string of the molecule is CCNC(c1ccc(OC)cc1Cl)c1cccc(C)c1I. The van der Waals surface area contributed by atoms with Crippen LogP contribution in [0.15, 0.2) is 36.4 Å². The van der Waals surface area contributed by atoms with E-state index in [1.54, 1.807) is 7.11 Å². The maximum atomic E-state index is 6.46. The van der Waals surface area contributed by atoms with Gasteiger partial charge in [0.25, 0.3) is 0 Å². The standard InChI is InChI=1S/C17H19ClINO/c1-4-20-17(14-7-5-6-11(2)16(14)19)13-9-8-12(21-3)10-15(13)18/h5-10,17,20H,4H2,1-3H3. The third-order valence-corrected chi connectivity index (χ3v) is 5.26. The molecule has 1 atom stereocenters. The number of benzene rings is 2. The van der Waals surface area contributed by atoms with E-state index in [0.717, 1.165) is 22.9 Å². The van der Waals surface area contributed by atoms with Gasteiger partial charge in [-0.25, -0.2) is 0 Å². The van der Waals surface area contributed by atoms with Crippen molar-refractivity contribution in [3.63, 3.8) is 0 Å². The van der Waals surface area contributed by atoms with Gasteiger partial charge in [-0.3, -0.25) is 0 Å². The molecule has 112 valence electrons. The molecule has 2 rings (SSSR count). The lowest BCUT2D eigenvalue weighted by atomic mass is 9.97. The highest BCUT2D eigenvalue weighted by molar-refractivity contribution is 14.1. The molecule has 0 saturated heterocycles. The van der Waals surface area contributed by atoms with Crippen molar-refractivity contribution in [2.24, 2.45) is 0 Å². The molecule has 1 N–H and O–H groups in total. The summed E-state index contributed by atoms with van der Waals surface area (Å²) in [5, 5.41) is 4.25. The Morgan fingerprint density at radius 3 is 2.62 bits per heavy atom. The minimum absolute atomic E-state index is 0.0835. The van der Waals surface area contributed by atoms with E-state index < -0.39 is 0 Å². The van der Waals surface area contributed by atoms with Crippen LogP contribution in [-0.4, -0.2) is 13.7 Å².